The monoisotopic (exact) mass is 300 g/mol. The van der Waals surface area contributed by atoms with E-state index in [4.69, 9.17) is 16.3 Å². The first-order chi connectivity index (χ1) is 10.3. The molecule has 4 heteroatoms. The Bertz CT molecular complexity index is 669. The average molecular weight is 301 g/mol. The van der Waals surface area contributed by atoms with Crippen LogP contribution in [0.2, 0.25) is 0 Å². The van der Waals surface area contributed by atoms with E-state index in [-0.39, 0.29) is 0 Å². The lowest BCUT2D eigenvalue weighted by molar-refractivity contribution is 0.341. The summed E-state index contributed by atoms with van der Waals surface area (Å²) in [4.78, 5) is 6.80. The van der Waals surface area contributed by atoms with Crippen molar-refractivity contribution in [1.82, 2.24) is 0 Å². The third-order valence-corrected chi connectivity index (χ3v) is 3.70. The minimum atomic E-state index is 0.370. The van der Waals surface area contributed by atoms with Crippen molar-refractivity contribution >= 4 is 28.8 Å². The van der Waals surface area contributed by atoms with E-state index in [1.54, 1.807) is 0 Å². The molecule has 2 aromatic carbocycles. The van der Waals surface area contributed by atoms with Crippen LogP contribution >= 0.6 is 11.6 Å². The molecule has 1 heterocycles. The molecule has 0 bridgehead atoms. The first kappa shape index (κ1) is 14.0. The van der Waals surface area contributed by atoms with E-state index >= 15 is 0 Å². The van der Waals surface area contributed by atoms with Crippen molar-refractivity contribution in [3.05, 3.63) is 54.1 Å². The number of amidine groups is 1. The predicted octanol–water partition coefficient (Wildman–Crippen LogP) is 4.37. The van der Waals surface area contributed by atoms with Crippen LogP contribution in [0.5, 0.6) is 5.75 Å². The van der Waals surface area contributed by atoms with Gasteiger partial charge in [0.25, 0.3) is 0 Å². The molecule has 0 fully saturated rings. The van der Waals surface area contributed by atoms with Crippen LogP contribution in [0.15, 0.2) is 53.5 Å². The molecule has 0 amide bonds. The number of hydrogen-bond acceptors (Lipinski definition) is 3. The molecule has 0 N–H and O–H groups in total. The van der Waals surface area contributed by atoms with Gasteiger partial charge < -0.3 is 9.64 Å². The highest BCUT2D eigenvalue weighted by Crippen LogP contribution is 2.34. The van der Waals surface area contributed by atoms with Crippen LogP contribution in [-0.2, 0) is 6.54 Å². The summed E-state index contributed by atoms with van der Waals surface area (Å²) in [5.74, 6) is 2.08. The van der Waals surface area contributed by atoms with Gasteiger partial charge in [-0.15, -0.1) is 11.6 Å². The Morgan fingerprint density at radius 1 is 1.14 bits per heavy atom. The van der Waals surface area contributed by atoms with Gasteiger partial charge in [-0.3, -0.25) is 0 Å². The van der Waals surface area contributed by atoms with Gasteiger partial charge in [0.2, 0.25) is 0 Å². The van der Waals surface area contributed by atoms with E-state index in [0.717, 1.165) is 29.5 Å². The van der Waals surface area contributed by atoms with Crippen LogP contribution in [0, 0.1) is 0 Å². The number of hydrogen-bond donors (Lipinski definition) is 0. The van der Waals surface area contributed by atoms with Gasteiger partial charge in [0, 0.05) is 0 Å². The Labute approximate surface area is 129 Å². The van der Waals surface area contributed by atoms with E-state index in [2.05, 4.69) is 16.0 Å². The Kier molecular flexibility index (Phi) is 4.11. The predicted molar refractivity (Wildman–Crippen MR) is 88.1 cm³/mol. The second-order valence-electron chi connectivity index (χ2n) is 4.78. The summed E-state index contributed by atoms with van der Waals surface area (Å²) in [7, 11) is 0. The molecular weight excluding hydrogens is 284 g/mol. The molecule has 2 aromatic rings. The summed E-state index contributed by atoms with van der Waals surface area (Å²) in [6.07, 6.45) is 0. The molecule has 0 spiro atoms. The summed E-state index contributed by atoms with van der Waals surface area (Å²) in [6.45, 7) is 3.37. The van der Waals surface area contributed by atoms with Crippen molar-refractivity contribution in [1.29, 1.82) is 0 Å². The highest BCUT2D eigenvalue weighted by Gasteiger charge is 2.22. The molecule has 0 saturated heterocycles. The number of alkyl halides is 1. The number of rotatable bonds is 4. The Hall–Kier alpha value is -2.00. The van der Waals surface area contributed by atoms with Crippen LogP contribution in [-0.4, -0.2) is 18.3 Å². The van der Waals surface area contributed by atoms with Crippen LogP contribution in [0.1, 0.15) is 12.5 Å². The summed E-state index contributed by atoms with van der Waals surface area (Å²) in [5.41, 5.74) is 3.20. The van der Waals surface area contributed by atoms with Crippen molar-refractivity contribution in [2.75, 3.05) is 17.4 Å². The molecule has 21 heavy (non-hydrogen) atoms. The van der Waals surface area contributed by atoms with Gasteiger partial charge in [0.15, 0.2) is 0 Å². The van der Waals surface area contributed by atoms with Crippen molar-refractivity contribution in [3.63, 3.8) is 0 Å². The molecule has 0 aromatic heterocycles. The van der Waals surface area contributed by atoms with E-state index in [1.807, 2.05) is 49.4 Å². The van der Waals surface area contributed by atoms with Crippen molar-refractivity contribution in [3.8, 4) is 5.75 Å². The van der Waals surface area contributed by atoms with Gasteiger partial charge in [0.1, 0.15) is 11.6 Å². The van der Waals surface area contributed by atoms with Crippen LogP contribution in [0.4, 0.5) is 11.4 Å². The number of ether oxygens (including phenoxy) is 1. The van der Waals surface area contributed by atoms with Gasteiger partial charge in [-0.1, -0.05) is 30.3 Å². The number of halogens is 1. The van der Waals surface area contributed by atoms with Crippen molar-refractivity contribution < 1.29 is 4.74 Å². The SMILES string of the molecule is CCOc1ccccc1N1Cc2ccccc2N=C1CCl. The van der Waals surface area contributed by atoms with Gasteiger partial charge in [0.05, 0.1) is 30.4 Å². The number of nitrogens with zero attached hydrogens (tertiary/aromatic N) is 2. The molecule has 0 saturated carbocycles. The second-order valence-corrected chi connectivity index (χ2v) is 5.04. The number of aliphatic imine (C=N–C) groups is 1. The summed E-state index contributed by atoms with van der Waals surface area (Å²) >= 11 is 6.11. The third kappa shape index (κ3) is 2.74. The lowest BCUT2D eigenvalue weighted by Crippen LogP contribution is -2.34. The maximum atomic E-state index is 6.11. The van der Waals surface area contributed by atoms with Crippen LogP contribution in [0.3, 0.4) is 0 Å². The fourth-order valence-electron chi connectivity index (χ4n) is 2.50. The minimum absolute atomic E-state index is 0.370. The highest BCUT2D eigenvalue weighted by atomic mass is 35.5. The summed E-state index contributed by atoms with van der Waals surface area (Å²) < 4.78 is 5.73. The lowest BCUT2D eigenvalue weighted by atomic mass is 10.1. The smallest absolute Gasteiger partial charge is 0.142 e. The standard InChI is InChI=1S/C17H17ClN2O/c1-2-21-16-10-6-5-9-15(16)20-12-13-7-3-4-8-14(13)19-17(20)11-18/h3-10H,2,11-12H2,1H3. The van der Waals surface area contributed by atoms with Crippen LogP contribution < -0.4 is 9.64 Å². The van der Waals surface area contributed by atoms with E-state index < -0.39 is 0 Å². The fraction of sp³-hybridized carbons (Fsp3) is 0.235. The van der Waals surface area contributed by atoms with Gasteiger partial charge in [-0.25, -0.2) is 4.99 Å². The molecule has 0 atom stereocenters. The fourth-order valence-corrected chi connectivity index (χ4v) is 2.70. The zero-order valence-electron chi connectivity index (χ0n) is 11.9. The first-order valence-electron chi connectivity index (χ1n) is 7.04. The number of para-hydroxylation sites is 3. The maximum Gasteiger partial charge on any atom is 0.142 e. The zero-order valence-corrected chi connectivity index (χ0v) is 12.7. The van der Waals surface area contributed by atoms with Gasteiger partial charge >= 0.3 is 0 Å². The van der Waals surface area contributed by atoms with Gasteiger partial charge in [-0.05, 0) is 30.7 Å². The Balaban J connectivity index is 2.04. The molecule has 3 rings (SSSR count). The summed E-state index contributed by atoms with van der Waals surface area (Å²) in [6, 6.07) is 16.2. The normalized spacial score (nSPS) is 13.6. The van der Waals surface area contributed by atoms with Gasteiger partial charge in [-0.2, -0.15) is 0 Å². The van der Waals surface area contributed by atoms with Crippen molar-refractivity contribution in [2.45, 2.75) is 13.5 Å². The van der Waals surface area contributed by atoms with E-state index in [1.165, 1.54) is 5.56 Å². The van der Waals surface area contributed by atoms with Crippen molar-refractivity contribution in [2.24, 2.45) is 4.99 Å². The quantitative estimate of drug-likeness (QED) is 0.783. The molecule has 1 aliphatic rings. The minimum Gasteiger partial charge on any atom is -0.492 e. The van der Waals surface area contributed by atoms with E-state index in [9.17, 15) is 0 Å². The molecule has 0 aliphatic carbocycles. The molecule has 0 radical (unpaired) electrons. The number of benzene rings is 2. The lowest BCUT2D eigenvalue weighted by Gasteiger charge is -2.31. The zero-order chi connectivity index (χ0) is 14.7. The summed E-state index contributed by atoms with van der Waals surface area (Å²) in [5, 5.41) is 0. The maximum absolute atomic E-state index is 6.11. The topological polar surface area (TPSA) is 24.8 Å². The average Bonchev–Trinajstić information content (AvgIpc) is 2.54. The molecular formula is C17H17ClN2O. The molecule has 108 valence electrons. The molecule has 3 nitrogen and oxygen atoms in total. The number of anilines is 1. The Morgan fingerprint density at radius 2 is 1.90 bits per heavy atom. The Morgan fingerprint density at radius 3 is 2.71 bits per heavy atom. The molecule has 1 aliphatic heterocycles. The van der Waals surface area contributed by atoms with Crippen LogP contribution in [0.25, 0.3) is 0 Å². The highest BCUT2D eigenvalue weighted by molar-refractivity contribution is 6.31. The first-order valence-corrected chi connectivity index (χ1v) is 7.57. The van der Waals surface area contributed by atoms with E-state index in [0.29, 0.717) is 12.5 Å². The number of fused-ring (bicyclic) bond motifs is 1. The second kappa shape index (κ2) is 6.19. The third-order valence-electron chi connectivity index (χ3n) is 3.46. The largest absolute Gasteiger partial charge is 0.492 e. The molecule has 0 unspecified atom stereocenters.